The monoisotopic (exact) mass is 716 g/mol. The molecular formula is C52H32N2S. The smallest absolute Gasteiger partial charge is 0.0541 e. The Morgan fingerprint density at radius 3 is 1.47 bits per heavy atom. The van der Waals surface area contributed by atoms with Crippen LogP contribution < -0.4 is 0 Å². The first-order valence-electron chi connectivity index (χ1n) is 18.8. The number of nitrogens with zero attached hydrogens (tertiary/aromatic N) is 2. The Balaban J connectivity index is 0.973. The highest BCUT2D eigenvalue weighted by Crippen LogP contribution is 2.40. The molecule has 0 aliphatic heterocycles. The van der Waals surface area contributed by atoms with Gasteiger partial charge in [-0.15, -0.1) is 11.3 Å². The van der Waals surface area contributed by atoms with Gasteiger partial charge in [0.1, 0.15) is 0 Å². The van der Waals surface area contributed by atoms with Crippen LogP contribution >= 0.6 is 11.3 Å². The third-order valence-corrected chi connectivity index (χ3v) is 12.7. The molecule has 12 rings (SSSR count). The second-order valence-corrected chi connectivity index (χ2v) is 15.6. The summed E-state index contributed by atoms with van der Waals surface area (Å²) in [5.74, 6) is 0. The molecule has 3 aromatic heterocycles. The lowest BCUT2D eigenvalue weighted by molar-refractivity contribution is 1.18. The standard InChI is InChI=1S/C52H32N2S/c1-2-10-35-29-36(18-17-33(35)9-1)34-19-23-39(24-20-34)53-47-14-6-3-11-41(47)44-30-37(21-26-49(44)53)38-22-27-50-45(31-38)42-12-4-7-15-48(42)54(50)40-25-28-52-46(32-40)43-13-5-8-16-51(43)55-52/h1-32H. The lowest BCUT2D eigenvalue weighted by Gasteiger charge is -2.11. The number of hydrogen-bond acceptors (Lipinski definition) is 1. The number of fused-ring (bicyclic) bond motifs is 10. The summed E-state index contributed by atoms with van der Waals surface area (Å²) in [5, 5.41) is 10.2. The van der Waals surface area contributed by atoms with Crippen LogP contribution in [0.3, 0.4) is 0 Å². The van der Waals surface area contributed by atoms with Crippen LogP contribution in [-0.2, 0) is 0 Å². The van der Waals surface area contributed by atoms with Gasteiger partial charge in [-0.05, 0) is 112 Å². The summed E-state index contributed by atoms with van der Waals surface area (Å²) in [6.45, 7) is 0. The zero-order valence-corrected chi connectivity index (χ0v) is 30.6. The van der Waals surface area contributed by atoms with E-state index in [2.05, 4.69) is 203 Å². The maximum Gasteiger partial charge on any atom is 0.0541 e. The quantitative estimate of drug-likeness (QED) is 0.172. The van der Waals surface area contributed by atoms with Crippen LogP contribution in [0.2, 0.25) is 0 Å². The largest absolute Gasteiger partial charge is 0.309 e. The van der Waals surface area contributed by atoms with Crippen LogP contribution in [0.5, 0.6) is 0 Å². The number of aromatic nitrogens is 2. The van der Waals surface area contributed by atoms with Crippen molar-refractivity contribution in [3.63, 3.8) is 0 Å². The van der Waals surface area contributed by atoms with Crippen LogP contribution in [0, 0.1) is 0 Å². The van der Waals surface area contributed by atoms with Crippen molar-refractivity contribution in [1.82, 2.24) is 9.13 Å². The van der Waals surface area contributed by atoms with E-state index in [0.717, 1.165) is 5.69 Å². The number of benzene rings is 9. The normalized spacial score (nSPS) is 12.0. The molecule has 0 radical (unpaired) electrons. The molecular weight excluding hydrogens is 685 g/mol. The van der Waals surface area contributed by atoms with E-state index in [0.29, 0.717) is 0 Å². The molecule has 0 aliphatic rings. The zero-order valence-electron chi connectivity index (χ0n) is 29.8. The van der Waals surface area contributed by atoms with E-state index in [-0.39, 0.29) is 0 Å². The highest BCUT2D eigenvalue weighted by molar-refractivity contribution is 7.25. The first-order valence-corrected chi connectivity index (χ1v) is 19.6. The Bertz CT molecular complexity index is 3490. The lowest BCUT2D eigenvalue weighted by Crippen LogP contribution is -1.94. The molecule has 0 saturated heterocycles. The fourth-order valence-electron chi connectivity index (χ4n) is 8.89. The molecule has 0 bridgehead atoms. The molecule has 0 atom stereocenters. The summed E-state index contributed by atoms with van der Waals surface area (Å²) < 4.78 is 7.49. The van der Waals surface area contributed by atoms with Gasteiger partial charge in [0.2, 0.25) is 0 Å². The van der Waals surface area contributed by atoms with Gasteiger partial charge >= 0.3 is 0 Å². The summed E-state index contributed by atoms with van der Waals surface area (Å²) in [5.41, 5.74) is 12.1. The van der Waals surface area contributed by atoms with Crippen LogP contribution in [0.25, 0.3) is 108 Å². The summed E-state index contributed by atoms with van der Waals surface area (Å²) in [4.78, 5) is 0. The van der Waals surface area contributed by atoms with Crippen molar-refractivity contribution in [2.75, 3.05) is 0 Å². The second kappa shape index (κ2) is 11.8. The van der Waals surface area contributed by atoms with Gasteiger partial charge in [0, 0.05) is 53.1 Å². The second-order valence-electron chi connectivity index (χ2n) is 14.6. The summed E-state index contributed by atoms with van der Waals surface area (Å²) in [6.07, 6.45) is 0. The Labute approximate surface area is 321 Å². The molecule has 3 heteroatoms. The molecule has 0 N–H and O–H groups in total. The van der Waals surface area contributed by atoms with Crippen molar-refractivity contribution in [2.24, 2.45) is 0 Å². The minimum Gasteiger partial charge on any atom is -0.309 e. The van der Waals surface area contributed by atoms with E-state index < -0.39 is 0 Å². The Hall–Kier alpha value is -6.94. The van der Waals surface area contributed by atoms with E-state index in [1.807, 2.05) is 11.3 Å². The predicted octanol–water partition coefficient (Wildman–Crippen LogP) is 14.7. The topological polar surface area (TPSA) is 9.86 Å². The SMILES string of the molecule is c1ccc2cc(-c3ccc(-n4c5ccccc5c5cc(-c6ccc7c(c6)c6ccccc6n7-c6ccc7sc8ccccc8c7c6)ccc54)cc3)ccc2c1. The van der Waals surface area contributed by atoms with Gasteiger partial charge in [-0.25, -0.2) is 0 Å². The third-order valence-electron chi connectivity index (χ3n) is 11.5. The maximum atomic E-state index is 2.43. The highest BCUT2D eigenvalue weighted by Gasteiger charge is 2.17. The number of thiophene rings is 1. The van der Waals surface area contributed by atoms with Gasteiger partial charge in [0.05, 0.1) is 22.1 Å². The Kier molecular flexibility index (Phi) is 6.54. The minimum absolute atomic E-state index is 1.16. The fourth-order valence-corrected chi connectivity index (χ4v) is 9.97. The van der Waals surface area contributed by atoms with Gasteiger partial charge in [-0.3, -0.25) is 0 Å². The maximum absolute atomic E-state index is 2.43. The molecule has 256 valence electrons. The van der Waals surface area contributed by atoms with Crippen molar-refractivity contribution in [3.05, 3.63) is 194 Å². The van der Waals surface area contributed by atoms with Gasteiger partial charge < -0.3 is 9.13 Å². The molecule has 0 aliphatic carbocycles. The van der Waals surface area contributed by atoms with Crippen LogP contribution in [0.15, 0.2) is 194 Å². The van der Waals surface area contributed by atoms with E-state index in [1.54, 1.807) is 0 Å². The number of rotatable bonds is 4. The average molecular weight is 717 g/mol. The summed E-state index contributed by atoms with van der Waals surface area (Å²) in [7, 11) is 0. The molecule has 0 unspecified atom stereocenters. The molecule has 0 saturated carbocycles. The first kappa shape index (κ1) is 30.5. The molecule has 55 heavy (non-hydrogen) atoms. The van der Waals surface area contributed by atoms with Gasteiger partial charge in [0.15, 0.2) is 0 Å². The van der Waals surface area contributed by atoms with Gasteiger partial charge in [-0.2, -0.15) is 0 Å². The van der Waals surface area contributed by atoms with Gasteiger partial charge in [-0.1, -0.05) is 115 Å². The van der Waals surface area contributed by atoms with Crippen LogP contribution in [0.4, 0.5) is 0 Å². The molecule has 0 amide bonds. The van der Waals surface area contributed by atoms with E-state index >= 15 is 0 Å². The molecule has 12 aromatic rings. The lowest BCUT2D eigenvalue weighted by atomic mass is 10.0. The van der Waals surface area contributed by atoms with Gasteiger partial charge in [0.25, 0.3) is 0 Å². The van der Waals surface area contributed by atoms with E-state index in [4.69, 9.17) is 0 Å². The fraction of sp³-hybridized carbons (Fsp3) is 0. The summed E-state index contributed by atoms with van der Waals surface area (Å²) in [6, 6.07) is 71.5. The van der Waals surface area contributed by atoms with Crippen LogP contribution in [0.1, 0.15) is 0 Å². The third kappa shape index (κ3) is 4.67. The van der Waals surface area contributed by atoms with Crippen molar-refractivity contribution in [2.45, 2.75) is 0 Å². The highest BCUT2D eigenvalue weighted by atomic mass is 32.1. The van der Waals surface area contributed by atoms with Crippen molar-refractivity contribution in [1.29, 1.82) is 0 Å². The van der Waals surface area contributed by atoms with Crippen molar-refractivity contribution in [3.8, 4) is 33.6 Å². The Morgan fingerprint density at radius 1 is 0.273 bits per heavy atom. The number of hydrogen-bond donors (Lipinski definition) is 0. The minimum atomic E-state index is 1.16. The summed E-state index contributed by atoms with van der Waals surface area (Å²) >= 11 is 1.86. The Morgan fingerprint density at radius 2 is 0.764 bits per heavy atom. The van der Waals surface area contributed by atoms with E-state index in [1.165, 1.54) is 102 Å². The molecule has 3 heterocycles. The predicted molar refractivity (Wildman–Crippen MR) is 236 cm³/mol. The van der Waals surface area contributed by atoms with E-state index in [9.17, 15) is 0 Å². The first-order chi connectivity index (χ1) is 27.2. The molecule has 0 spiro atoms. The zero-order chi connectivity index (χ0) is 36.0. The van der Waals surface area contributed by atoms with Crippen LogP contribution in [-0.4, -0.2) is 9.13 Å². The molecule has 0 fully saturated rings. The van der Waals surface area contributed by atoms with Crippen molar-refractivity contribution >= 4 is 85.9 Å². The van der Waals surface area contributed by atoms with Crippen molar-refractivity contribution < 1.29 is 0 Å². The average Bonchev–Trinajstić information content (AvgIpc) is 3.90. The number of para-hydroxylation sites is 2. The molecule has 2 nitrogen and oxygen atoms in total. The molecule has 9 aromatic carbocycles.